The van der Waals surface area contributed by atoms with Crippen molar-refractivity contribution in [3.8, 4) is 11.3 Å². The number of rotatable bonds is 9. The van der Waals surface area contributed by atoms with E-state index >= 15 is 0 Å². The summed E-state index contributed by atoms with van der Waals surface area (Å²) in [6, 6.07) is 10.3. The topological polar surface area (TPSA) is 78.0 Å². The van der Waals surface area contributed by atoms with Gasteiger partial charge >= 0.3 is 0 Å². The van der Waals surface area contributed by atoms with Crippen LogP contribution < -0.4 is 0 Å². The molecule has 38 heavy (non-hydrogen) atoms. The molecule has 0 radical (unpaired) electrons. The Kier molecular flexibility index (Phi) is 7.83. The molecule has 3 aromatic rings. The lowest BCUT2D eigenvalue weighted by atomic mass is 9.81. The average Bonchev–Trinajstić information content (AvgIpc) is 3.30. The highest BCUT2D eigenvalue weighted by Crippen LogP contribution is 2.43. The van der Waals surface area contributed by atoms with E-state index in [-0.39, 0.29) is 25.3 Å². The van der Waals surface area contributed by atoms with Crippen molar-refractivity contribution in [3.05, 3.63) is 59.4 Å². The normalized spacial score (nSPS) is 19.0. The average molecular weight is 525 g/mol. The Labute approximate surface area is 221 Å². The molecule has 1 aliphatic heterocycles. The highest BCUT2D eigenvalue weighted by Gasteiger charge is 2.48. The molecule has 2 aromatic heterocycles. The molecule has 2 aliphatic rings. The van der Waals surface area contributed by atoms with Crippen molar-refractivity contribution in [2.75, 3.05) is 39.3 Å². The molecular weight excluding hydrogens is 490 g/mol. The number of piperazine rings is 1. The van der Waals surface area contributed by atoms with Crippen LogP contribution in [0.2, 0.25) is 0 Å². The number of pyridine rings is 1. The van der Waals surface area contributed by atoms with E-state index in [1.807, 2.05) is 24.4 Å². The quantitative estimate of drug-likeness (QED) is 0.260. The molecule has 3 heterocycles. The van der Waals surface area contributed by atoms with Crippen LogP contribution in [0.15, 0.2) is 52.9 Å². The van der Waals surface area contributed by atoms with Gasteiger partial charge in [-0.05, 0) is 35.7 Å². The van der Waals surface area contributed by atoms with Crippen LogP contribution in [0.4, 0.5) is 8.78 Å². The van der Waals surface area contributed by atoms with Crippen molar-refractivity contribution in [1.29, 1.82) is 0 Å². The van der Waals surface area contributed by atoms with Gasteiger partial charge in [-0.15, -0.1) is 0 Å². The molecule has 2 fully saturated rings. The number of aliphatic hydroxyl groups excluding tert-OH is 1. The fourth-order valence-corrected chi connectivity index (χ4v) is 5.24. The molecule has 0 atom stereocenters. The zero-order valence-corrected chi connectivity index (χ0v) is 21.7. The molecule has 0 spiro atoms. The van der Waals surface area contributed by atoms with E-state index in [0.717, 1.165) is 67.3 Å². The minimum absolute atomic E-state index is 0.202. The first-order valence-corrected chi connectivity index (χ1v) is 13.0. The number of aliphatic hydroxyl groups is 1. The molecule has 1 aliphatic carbocycles. The van der Waals surface area contributed by atoms with Crippen LogP contribution in [0, 0.1) is 12.8 Å². The van der Waals surface area contributed by atoms with Crippen LogP contribution in [-0.4, -0.2) is 82.2 Å². The fourth-order valence-electron chi connectivity index (χ4n) is 5.24. The molecule has 1 N–H and O–H groups in total. The first kappa shape index (κ1) is 26.4. The molecular formula is C28H34F2N6O2. The van der Waals surface area contributed by atoms with Gasteiger partial charge < -0.3 is 9.94 Å². The summed E-state index contributed by atoms with van der Waals surface area (Å²) in [6.07, 6.45) is 3.49. The van der Waals surface area contributed by atoms with Gasteiger partial charge in [0.15, 0.2) is 0 Å². The Hall–Kier alpha value is -3.21. The predicted molar refractivity (Wildman–Crippen MR) is 144 cm³/mol. The van der Waals surface area contributed by atoms with Crippen LogP contribution in [0.1, 0.15) is 29.5 Å². The Bertz CT molecular complexity index is 1310. The third kappa shape index (κ3) is 5.92. The standard InChI is InChI=1S/C28H34F2N6O2/c1-20-3-4-21(16-33-27(38-31-2)23-14-28(29,30)15-23)13-24(20)25-17-32-26-6-5-22(19-36(25)26)18-35-9-7-34(8-10-35)11-12-37/h3-6,13,17,19,23,37H,2,7-12,14-16,18H2,1H3/b33-27-. The Morgan fingerprint density at radius 3 is 2.58 bits per heavy atom. The van der Waals surface area contributed by atoms with E-state index in [2.05, 4.69) is 61.3 Å². The molecule has 5 rings (SSSR count). The number of imidazole rings is 1. The Balaban J connectivity index is 1.34. The number of oxime groups is 1. The molecule has 0 amide bonds. The highest BCUT2D eigenvalue weighted by atomic mass is 19.3. The minimum Gasteiger partial charge on any atom is -0.395 e. The van der Waals surface area contributed by atoms with Crippen LogP contribution >= 0.6 is 0 Å². The lowest BCUT2D eigenvalue weighted by molar-refractivity contribution is -0.0956. The Morgan fingerprint density at radius 2 is 1.87 bits per heavy atom. The number of aromatic nitrogens is 2. The van der Waals surface area contributed by atoms with E-state index in [0.29, 0.717) is 6.54 Å². The highest BCUT2D eigenvalue weighted by molar-refractivity contribution is 5.80. The number of alkyl halides is 2. The number of aryl methyl sites for hydroxylation is 1. The second kappa shape index (κ2) is 11.3. The summed E-state index contributed by atoms with van der Waals surface area (Å²) in [5.41, 5.74) is 6.15. The van der Waals surface area contributed by atoms with Crippen molar-refractivity contribution >= 4 is 18.3 Å². The largest absolute Gasteiger partial charge is 0.395 e. The van der Waals surface area contributed by atoms with Gasteiger partial charge in [-0.25, -0.2) is 18.8 Å². The number of benzene rings is 1. The summed E-state index contributed by atoms with van der Waals surface area (Å²) < 4.78 is 28.8. The van der Waals surface area contributed by atoms with Gasteiger partial charge in [0.2, 0.25) is 11.8 Å². The van der Waals surface area contributed by atoms with Gasteiger partial charge in [-0.1, -0.05) is 23.4 Å². The second-order valence-corrected chi connectivity index (χ2v) is 10.2. The first-order valence-electron chi connectivity index (χ1n) is 13.0. The third-order valence-corrected chi connectivity index (χ3v) is 7.45. The molecule has 1 aromatic carbocycles. The molecule has 202 valence electrons. The first-order chi connectivity index (χ1) is 18.3. The summed E-state index contributed by atoms with van der Waals surface area (Å²) in [5.74, 6) is -2.89. The smallest absolute Gasteiger partial charge is 0.249 e. The molecule has 1 saturated carbocycles. The number of hydrogen-bond donors (Lipinski definition) is 1. The molecule has 1 saturated heterocycles. The monoisotopic (exact) mass is 524 g/mol. The molecule has 10 heteroatoms. The zero-order chi connectivity index (χ0) is 26.7. The summed E-state index contributed by atoms with van der Waals surface area (Å²) >= 11 is 0. The third-order valence-electron chi connectivity index (χ3n) is 7.45. The Morgan fingerprint density at radius 1 is 1.13 bits per heavy atom. The maximum Gasteiger partial charge on any atom is 0.249 e. The SMILES string of the molecule is C=NO/C(=N\Cc1ccc(C)c(-c2cnc3ccc(CN4CCN(CCO)CC4)cn23)c1)C1CC(F)(F)C1. The maximum absolute atomic E-state index is 13.4. The zero-order valence-electron chi connectivity index (χ0n) is 21.7. The van der Waals surface area contributed by atoms with Crippen LogP contribution in [0.3, 0.4) is 0 Å². The van der Waals surface area contributed by atoms with E-state index in [1.165, 1.54) is 5.56 Å². The minimum atomic E-state index is -2.66. The lowest BCUT2D eigenvalue weighted by Crippen LogP contribution is -2.46. The van der Waals surface area contributed by atoms with Gasteiger partial charge in [-0.2, -0.15) is 0 Å². The molecule has 0 bridgehead atoms. The van der Waals surface area contributed by atoms with Crippen molar-refractivity contribution in [3.63, 3.8) is 0 Å². The summed E-state index contributed by atoms with van der Waals surface area (Å²) in [5, 5.41) is 12.6. The van der Waals surface area contributed by atoms with Gasteiger partial charge in [0.1, 0.15) is 5.65 Å². The van der Waals surface area contributed by atoms with E-state index in [4.69, 9.17) is 4.84 Å². The maximum atomic E-state index is 13.4. The van der Waals surface area contributed by atoms with E-state index in [9.17, 15) is 13.9 Å². The summed E-state index contributed by atoms with van der Waals surface area (Å²) in [7, 11) is 0. The predicted octanol–water partition coefficient (Wildman–Crippen LogP) is 4.00. The summed E-state index contributed by atoms with van der Waals surface area (Å²) in [4.78, 5) is 18.9. The lowest BCUT2D eigenvalue weighted by Gasteiger charge is -2.34. The van der Waals surface area contributed by atoms with E-state index in [1.54, 1.807) is 0 Å². The van der Waals surface area contributed by atoms with Crippen molar-refractivity contribution in [2.45, 2.75) is 38.8 Å². The van der Waals surface area contributed by atoms with Gasteiger partial charge in [0.25, 0.3) is 0 Å². The van der Waals surface area contributed by atoms with Crippen LogP contribution in [0.25, 0.3) is 16.9 Å². The summed E-state index contributed by atoms with van der Waals surface area (Å²) in [6.45, 7) is 11.3. The van der Waals surface area contributed by atoms with Crippen LogP contribution in [-0.2, 0) is 17.9 Å². The molecule has 0 unspecified atom stereocenters. The van der Waals surface area contributed by atoms with Crippen molar-refractivity contribution in [1.82, 2.24) is 19.2 Å². The number of aliphatic imine (C=N–C) groups is 1. The number of halogens is 2. The number of β-amino-alcohol motifs (C(OH)–C–C–N with tert-alkyl or cyclic N) is 1. The van der Waals surface area contributed by atoms with Crippen molar-refractivity contribution in [2.24, 2.45) is 16.1 Å². The number of nitrogens with zero attached hydrogens (tertiary/aromatic N) is 6. The van der Waals surface area contributed by atoms with Crippen LogP contribution in [0.5, 0.6) is 0 Å². The second-order valence-electron chi connectivity index (χ2n) is 10.2. The number of fused-ring (bicyclic) bond motifs is 1. The van der Waals surface area contributed by atoms with Gasteiger partial charge in [0, 0.05) is 76.5 Å². The van der Waals surface area contributed by atoms with Crippen molar-refractivity contribution < 1.29 is 18.7 Å². The number of hydrogen-bond acceptors (Lipinski definition) is 7. The van der Waals surface area contributed by atoms with Gasteiger partial charge in [-0.3, -0.25) is 14.2 Å². The van der Waals surface area contributed by atoms with E-state index < -0.39 is 11.8 Å². The fraction of sp³-hybridized carbons (Fsp3) is 0.464. The van der Waals surface area contributed by atoms with Gasteiger partial charge in [0.05, 0.1) is 25.0 Å². The molecule has 8 nitrogen and oxygen atoms in total.